The highest BCUT2D eigenvalue weighted by Gasteiger charge is 2.15. The molecular weight excluding hydrogens is 313 g/mol. The van der Waals surface area contributed by atoms with Crippen LogP contribution in [0.5, 0.6) is 0 Å². The summed E-state index contributed by atoms with van der Waals surface area (Å²) in [4.78, 5) is 11.0. The van der Waals surface area contributed by atoms with Crippen LogP contribution in [0.3, 0.4) is 0 Å². The SMILES string of the molecule is Cc1oc(Cn2ccc3c(Cl)cc(Cl)cc32)cc1C(=O)O. The maximum atomic E-state index is 11.0. The number of carboxylic acid groups (broad SMARTS) is 1. The van der Waals surface area contributed by atoms with Crippen molar-refractivity contribution in [3.8, 4) is 0 Å². The standard InChI is InChI=1S/C15H11Cl2NO3/c1-8-12(15(19)20)6-10(21-8)7-18-3-2-11-13(17)4-9(16)5-14(11)18/h2-6H,7H2,1H3,(H,19,20). The maximum Gasteiger partial charge on any atom is 0.339 e. The number of carbonyl (C=O) groups is 1. The molecule has 0 spiro atoms. The van der Waals surface area contributed by atoms with E-state index >= 15 is 0 Å². The van der Waals surface area contributed by atoms with E-state index in [4.69, 9.17) is 32.7 Å². The first-order chi connectivity index (χ1) is 9.95. The van der Waals surface area contributed by atoms with Crippen LogP contribution < -0.4 is 0 Å². The van der Waals surface area contributed by atoms with Crippen LogP contribution in [0.2, 0.25) is 10.0 Å². The Hall–Kier alpha value is -1.91. The summed E-state index contributed by atoms with van der Waals surface area (Å²) in [6.07, 6.45) is 1.87. The zero-order chi connectivity index (χ0) is 15.1. The summed E-state index contributed by atoms with van der Waals surface area (Å²) in [5, 5.41) is 11.1. The number of hydrogen-bond acceptors (Lipinski definition) is 2. The summed E-state index contributed by atoms with van der Waals surface area (Å²) in [7, 11) is 0. The number of furan rings is 1. The van der Waals surface area contributed by atoms with E-state index in [1.807, 2.05) is 22.9 Å². The number of benzene rings is 1. The quantitative estimate of drug-likeness (QED) is 0.766. The minimum atomic E-state index is -0.994. The number of halogens is 2. The van der Waals surface area contributed by atoms with Gasteiger partial charge in [0, 0.05) is 16.6 Å². The van der Waals surface area contributed by atoms with Crippen LogP contribution in [0.4, 0.5) is 0 Å². The van der Waals surface area contributed by atoms with E-state index in [0.717, 1.165) is 10.9 Å². The molecule has 2 heterocycles. The normalized spacial score (nSPS) is 11.2. The predicted octanol–water partition coefficient (Wildman–Crippen LogP) is 4.60. The van der Waals surface area contributed by atoms with Crippen LogP contribution in [0.25, 0.3) is 10.9 Å². The summed E-state index contributed by atoms with van der Waals surface area (Å²) in [5.74, 6) is -0.0329. The molecule has 1 aromatic carbocycles. The maximum absolute atomic E-state index is 11.0. The van der Waals surface area contributed by atoms with E-state index in [1.54, 1.807) is 13.0 Å². The van der Waals surface area contributed by atoms with Crippen LogP contribution >= 0.6 is 23.2 Å². The lowest BCUT2D eigenvalue weighted by molar-refractivity contribution is 0.0695. The molecule has 0 unspecified atom stereocenters. The Labute approximate surface area is 130 Å². The first-order valence-corrected chi connectivity index (χ1v) is 6.98. The van der Waals surface area contributed by atoms with Gasteiger partial charge in [0.2, 0.25) is 0 Å². The molecule has 0 saturated heterocycles. The number of fused-ring (bicyclic) bond motifs is 1. The van der Waals surface area contributed by atoms with Gasteiger partial charge in [0.05, 0.1) is 17.1 Å². The number of aromatic nitrogens is 1. The Morgan fingerprint density at radius 1 is 1.33 bits per heavy atom. The van der Waals surface area contributed by atoms with Gasteiger partial charge >= 0.3 is 5.97 Å². The van der Waals surface area contributed by atoms with Crippen LogP contribution in [0.15, 0.2) is 34.9 Å². The molecule has 0 radical (unpaired) electrons. The first kappa shape index (κ1) is 14.0. The Morgan fingerprint density at radius 2 is 2.10 bits per heavy atom. The largest absolute Gasteiger partial charge is 0.478 e. The highest BCUT2D eigenvalue weighted by Crippen LogP contribution is 2.29. The summed E-state index contributed by atoms with van der Waals surface area (Å²) < 4.78 is 7.40. The van der Waals surface area contributed by atoms with Crippen molar-refractivity contribution < 1.29 is 14.3 Å². The third-order valence-corrected chi connectivity index (χ3v) is 3.86. The van der Waals surface area contributed by atoms with E-state index in [-0.39, 0.29) is 5.56 Å². The van der Waals surface area contributed by atoms with Crippen LogP contribution in [0.1, 0.15) is 21.9 Å². The van der Waals surface area contributed by atoms with Crippen LogP contribution in [0, 0.1) is 6.92 Å². The molecule has 2 aromatic heterocycles. The Bertz CT molecular complexity index is 848. The van der Waals surface area contributed by atoms with Crippen molar-refractivity contribution in [1.82, 2.24) is 4.57 Å². The Balaban J connectivity index is 2.02. The van der Waals surface area contributed by atoms with E-state index in [9.17, 15) is 4.79 Å². The predicted molar refractivity (Wildman–Crippen MR) is 81.5 cm³/mol. The van der Waals surface area contributed by atoms with Gasteiger partial charge in [-0.1, -0.05) is 23.2 Å². The van der Waals surface area contributed by atoms with Gasteiger partial charge in [0.15, 0.2) is 0 Å². The van der Waals surface area contributed by atoms with Crippen molar-refractivity contribution in [2.75, 3.05) is 0 Å². The first-order valence-electron chi connectivity index (χ1n) is 6.22. The van der Waals surface area contributed by atoms with E-state index in [2.05, 4.69) is 0 Å². The molecule has 6 heteroatoms. The minimum absolute atomic E-state index is 0.178. The monoisotopic (exact) mass is 323 g/mol. The molecule has 1 N–H and O–H groups in total. The van der Waals surface area contributed by atoms with Gasteiger partial charge in [-0.25, -0.2) is 4.79 Å². The van der Waals surface area contributed by atoms with E-state index in [1.165, 1.54) is 6.07 Å². The molecule has 0 aliphatic carbocycles. The highest BCUT2D eigenvalue weighted by atomic mass is 35.5. The zero-order valence-corrected chi connectivity index (χ0v) is 12.6. The van der Waals surface area contributed by atoms with Crippen molar-refractivity contribution in [3.63, 3.8) is 0 Å². The molecule has 0 amide bonds. The van der Waals surface area contributed by atoms with Crippen molar-refractivity contribution in [1.29, 1.82) is 0 Å². The van der Waals surface area contributed by atoms with Crippen molar-refractivity contribution in [2.24, 2.45) is 0 Å². The fraction of sp³-hybridized carbons (Fsp3) is 0.133. The number of carboxylic acids is 1. The molecular formula is C15H11Cl2NO3. The number of aryl methyl sites for hydroxylation is 1. The van der Waals surface area contributed by atoms with Gasteiger partial charge in [0.1, 0.15) is 17.1 Å². The van der Waals surface area contributed by atoms with Crippen LogP contribution in [-0.4, -0.2) is 15.6 Å². The van der Waals surface area contributed by atoms with Crippen molar-refractivity contribution in [3.05, 3.63) is 57.6 Å². The second kappa shape index (κ2) is 5.13. The lowest BCUT2D eigenvalue weighted by atomic mass is 10.2. The molecule has 0 saturated carbocycles. The molecule has 4 nitrogen and oxygen atoms in total. The van der Waals surface area contributed by atoms with Crippen molar-refractivity contribution >= 4 is 40.1 Å². The third kappa shape index (κ3) is 2.52. The molecule has 3 aromatic rings. The van der Waals surface area contributed by atoms with E-state index < -0.39 is 5.97 Å². The van der Waals surface area contributed by atoms with Gasteiger partial charge < -0.3 is 14.1 Å². The average Bonchev–Trinajstić information content (AvgIpc) is 2.94. The average molecular weight is 324 g/mol. The second-order valence-corrected chi connectivity index (χ2v) is 5.60. The Kier molecular flexibility index (Phi) is 3.43. The molecule has 0 aliphatic heterocycles. The molecule has 0 bridgehead atoms. The zero-order valence-electron chi connectivity index (χ0n) is 11.1. The summed E-state index contributed by atoms with van der Waals surface area (Å²) in [6, 6.07) is 6.93. The second-order valence-electron chi connectivity index (χ2n) is 4.75. The van der Waals surface area contributed by atoms with E-state index in [0.29, 0.717) is 28.1 Å². The molecule has 108 valence electrons. The van der Waals surface area contributed by atoms with Crippen molar-refractivity contribution in [2.45, 2.75) is 13.5 Å². The third-order valence-electron chi connectivity index (χ3n) is 3.33. The van der Waals surface area contributed by atoms with Gasteiger partial charge in [0.25, 0.3) is 0 Å². The topological polar surface area (TPSA) is 55.4 Å². The number of nitrogens with zero attached hydrogens (tertiary/aromatic N) is 1. The van der Waals surface area contributed by atoms with Crippen LogP contribution in [-0.2, 0) is 6.54 Å². The highest BCUT2D eigenvalue weighted by molar-refractivity contribution is 6.38. The van der Waals surface area contributed by atoms with Gasteiger partial charge in [-0.05, 0) is 31.2 Å². The smallest absolute Gasteiger partial charge is 0.339 e. The van der Waals surface area contributed by atoms with Gasteiger partial charge in [-0.3, -0.25) is 0 Å². The molecule has 21 heavy (non-hydrogen) atoms. The lowest BCUT2D eigenvalue weighted by Gasteiger charge is -2.04. The number of rotatable bonds is 3. The number of aromatic carboxylic acids is 1. The van der Waals surface area contributed by atoms with Gasteiger partial charge in [-0.2, -0.15) is 0 Å². The fourth-order valence-electron chi connectivity index (χ4n) is 2.36. The minimum Gasteiger partial charge on any atom is -0.478 e. The molecule has 0 fully saturated rings. The molecule has 3 rings (SSSR count). The Morgan fingerprint density at radius 3 is 2.76 bits per heavy atom. The van der Waals surface area contributed by atoms with Gasteiger partial charge in [-0.15, -0.1) is 0 Å². The summed E-state index contributed by atoms with van der Waals surface area (Å²) in [6.45, 7) is 2.04. The summed E-state index contributed by atoms with van der Waals surface area (Å²) >= 11 is 12.2. The molecule has 0 atom stereocenters. The molecule has 0 aliphatic rings. The fourth-order valence-corrected chi connectivity index (χ4v) is 2.90. The number of hydrogen-bond donors (Lipinski definition) is 1. The summed E-state index contributed by atoms with van der Waals surface area (Å²) in [5.41, 5.74) is 1.05. The lowest BCUT2D eigenvalue weighted by Crippen LogP contribution is -1.97.